The second-order valence-electron chi connectivity index (χ2n) is 9.15. The van der Waals surface area contributed by atoms with Gasteiger partial charge < -0.3 is 15.0 Å². The molecular weight excluding hydrogens is 446 g/mol. The third-order valence-corrected chi connectivity index (χ3v) is 7.58. The van der Waals surface area contributed by atoms with Crippen molar-refractivity contribution < 1.29 is 4.74 Å². The van der Waals surface area contributed by atoms with Crippen LogP contribution in [-0.4, -0.2) is 47.6 Å². The fourth-order valence-electron chi connectivity index (χ4n) is 4.26. The molecule has 1 atom stereocenters. The summed E-state index contributed by atoms with van der Waals surface area (Å²) >= 11 is 1.29. The van der Waals surface area contributed by atoms with E-state index in [1.54, 1.807) is 10.8 Å². The number of nitrogens with one attached hydrogen (secondary N) is 1. The molecule has 0 aliphatic carbocycles. The number of hydrogen-bond acceptors (Lipinski definition) is 7. The largest absolute Gasteiger partial charge is 0.475 e. The fourth-order valence-corrected chi connectivity index (χ4v) is 5.34. The first kappa shape index (κ1) is 24.2. The van der Waals surface area contributed by atoms with Crippen molar-refractivity contribution in [2.45, 2.75) is 52.6 Å². The SMILES string of the molecule is CCn1c(=O)/c(=C\Nc2ccc(CCN3CCCC3)cc2)s/c1=C(/C#N)C1=N[C@@H](C(C)C)CO1. The molecule has 2 aliphatic rings. The van der Waals surface area contributed by atoms with Gasteiger partial charge in [-0.2, -0.15) is 5.26 Å². The summed E-state index contributed by atoms with van der Waals surface area (Å²) in [6.07, 6.45) is 5.41. The molecule has 8 heteroatoms. The smallest absolute Gasteiger partial charge is 0.270 e. The van der Waals surface area contributed by atoms with E-state index < -0.39 is 0 Å². The molecule has 0 unspecified atom stereocenters. The number of nitrogens with zero attached hydrogens (tertiary/aromatic N) is 4. The lowest BCUT2D eigenvalue weighted by Gasteiger charge is -2.14. The van der Waals surface area contributed by atoms with Crippen LogP contribution in [0.1, 0.15) is 39.2 Å². The molecule has 3 heterocycles. The third-order valence-electron chi connectivity index (χ3n) is 6.45. The van der Waals surface area contributed by atoms with Gasteiger partial charge in [-0.25, -0.2) is 4.99 Å². The van der Waals surface area contributed by atoms with E-state index in [1.807, 2.05) is 19.1 Å². The monoisotopic (exact) mass is 479 g/mol. The molecule has 1 aromatic heterocycles. The molecule has 2 aliphatic heterocycles. The highest BCUT2D eigenvalue weighted by Crippen LogP contribution is 2.17. The molecule has 1 fully saturated rings. The van der Waals surface area contributed by atoms with Crippen LogP contribution >= 0.6 is 11.3 Å². The van der Waals surface area contributed by atoms with Crippen LogP contribution in [-0.2, 0) is 17.7 Å². The molecule has 180 valence electrons. The van der Waals surface area contributed by atoms with Gasteiger partial charge in [0.15, 0.2) is 0 Å². The van der Waals surface area contributed by atoms with Crippen molar-refractivity contribution in [2.24, 2.45) is 10.9 Å². The van der Waals surface area contributed by atoms with Gasteiger partial charge in [-0.1, -0.05) is 26.0 Å². The number of aromatic nitrogens is 1. The maximum absolute atomic E-state index is 13.0. The minimum absolute atomic E-state index is 0.0335. The zero-order valence-corrected chi connectivity index (χ0v) is 21.0. The molecule has 34 heavy (non-hydrogen) atoms. The predicted octanol–water partition coefficient (Wildman–Crippen LogP) is 2.55. The second-order valence-corrected chi connectivity index (χ2v) is 10.2. The molecule has 4 rings (SSSR count). The first-order valence-corrected chi connectivity index (χ1v) is 12.9. The summed E-state index contributed by atoms with van der Waals surface area (Å²) in [5.41, 5.74) is 2.45. The molecule has 7 nitrogen and oxygen atoms in total. The number of nitriles is 1. The van der Waals surface area contributed by atoms with E-state index in [9.17, 15) is 10.1 Å². The van der Waals surface area contributed by atoms with Crippen molar-refractivity contribution in [2.75, 3.05) is 31.6 Å². The van der Waals surface area contributed by atoms with Gasteiger partial charge in [0.25, 0.3) is 5.56 Å². The first-order valence-electron chi connectivity index (χ1n) is 12.1. The van der Waals surface area contributed by atoms with Crippen LogP contribution in [0.15, 0.2) is 34.1 Å². The summed E-state index contributed by atoms with van der Waals surface area (Å²) in [5.74, 6) is 0.669. The number of ether oxygens (including phenoxy) is 1. The van der Waals surface area contributed by atoms with Gasteiger partial charge in [0.1, 0.15) is 27.4 Å². The van der Waals surface area contributed by atoms with Crippen molar-refractivity contribution in [3.63, 3.8) is 0 Å². The zero-order valence-electron chi connectivity index (χ0n) is 20.2. The minimum atomic E-state index is -0.121. The van der Waals surface area contributed by atoms with Gasteiger partial charge in [0.05, 0.1) is 6.04 Å². The standard InChI is InChI=1S/C26H33N5O2S/c1-4-31-25(32)23(34-26(31)21(15-27)24-29-22(17-33-24)18(2)3)16-28-20-9-7-19(8-10-20)11-14-30-12-5-6-13-30/h7-10,16,18,22,28H,4-6,11-14,17H2,1-3H3/b23-16+,26-21-/t22-/m1/s1. The van der Waals surface area contributed by atoms with E-state index in [4.69, 9.17) is 4.74 Å². The highest BCUT2D eigenvalue weighted by atomic mass is 32.1. The number of hydrogen-bond donors (Lipinski definition) is 1. The van der Waals surface area contributed by atoms with E-state index in [1.165, 1.54) is 42.8 Å². The predicted molar refractivity (Wildman–Crippen MR) is 138 cm³/mol. The lowest BCUT2D eigenvalue weighted by Crippen LogP contribution is -2.32. The van der Waals surface area contributed by atoms with Gasteiger partial charge in [-0.05, 0) is 62.9 Å². The maximum Gasteiger partial charge on any atom is 0.270 e. The van der Waals surface area contributed by atoms with E-state index in [0.717, 1.165) is 18.7 Å². The molecule has 0 saturated carbocycles. The Labute approximate surface area is 204 Å². The molecule has 0 spiro atoms. The number of rotatable bonds is 8. The summed E-state index contributed by atoms with van der Waals surface area (Å²) in [7, 11) is 0. The van der Waals surface area contributed by atoms with E-state index in [0.29, 0.717) is 39.7 Å². The van der Waals surface area contributed by atoms with Crippen LogP contribution in [0.2, 0.25) is 0 Å². The van der Waals surface area contributed by atoms with Gasteiger partial charge in [-0.15, -0.1) is 11.3 Å². The summed E-state index contributed by atoms with van der Waals surface area (Å²) in [4.78, 5) is 20.1. The third kappa shape index (κ3) is 5.43. The molecule has 0 bridgehead atoms. The Kier molecular flexibility index (Phi) is 7.86. The highest BCUT2D eigenvalue weighted by Gasteiger charge is 2.25. The van der Waals surface area contributed by atoms with Crippen molar-refractivity contribution in [3.8, 4) is 6.07 Å². The Bertz CT molecular complexity index is 1240. The Morgan fingerprint density at radius 2 is 2.06 bits per heavy atom. The zero-order chi connectivity index (χ0) is 24.1. The van der Waals surface area contributed by atoms with E-state index in [-0.39, 0.29) is 11.6 Å². The summed E-state index contributed by atoms with van der Waals surface area (Å²) in [6, 6.07) is 10.6. The van der Waals surface area contributed by atoms with Crippen molar-refractivity contribution in [1.82, 2.24) is 9.47 Å². The first-order chi connectivity index (χ1) is 16.5. The topological polar surface area (TPSA) is 82.7 Å². The Balaban J connectivity index is 1.55. The summed E-state index contributed by atoms with van der Waals surface area (Å²) < 4.78 is 8.48. The normalized spacial score (nSPS) is 19.8. The van der Waals surface area contributed by atoms with Crippen molar-refractivity contribution >= 4 is 34.7 Å². The average molecular weight is 480 g/mol. The van der Waals surface area contributed by atoms with E-state index >= 15 is 0 Å². The van der Waals surface area contributed by atoms with Gasteiger partial charge in [0, 0.05) is 25.0 Å². The Morgan fingerprint density at radius 3 is 2.68 bits per heavy atom. The number of thiazole rings is 1. The van der Waals surface area contributed by atoms with Crippen molar-refractivity contribution in [1.29, 1.82) is 5.26 Å². The molecule has 0 radical (unpaired) electrons. The van der Waals surface area contributed by atoms with Crippen LogP contribution in [0.25, 0.3) is 11.8 Å². The summed E-state index contributed by atoms with van der Waals surface area (Å²) in [5, 5.41) is 13.1. The lowest BCUT2D eigenvalue weighted by molar-refractivity contribution is 0.293. The average Bonchev–Trinajstić information content (AvgIpc) is 3.59. The van der Waals surface area contributed by atoms with Gasteiger partial charge in [-0.3, -0.25) is 9.36 Å². The Hall–Kier alpha value is -2.89. The quantitative estimate of drug-likeness (QED) is 0.629. The van der Waals surface area contributed by atoms with Crippen molar-refractivity contribution in [3.05, 3.63) is 49.4 Å². The lowest BCUT2D eigenvalue weighted by atomic mass is 10.1. The second kappa shape index (κ2) is 11.0. The van der Waals surface area contributed by atoms with Crippen LogP contribution in [0.5, 0.6) is 0 Å². The van der Waals surface area contributed by atoms with E-state index in [2.05, 4.69) is 47.3 Å². The van der Waals surface area contributed by atoms with Gasteiger partial charge >= 0.3 is 0 Å². The van der Waals surface area contributed by atoms with Crippen LogP contribution in [0.4, 0.5) is 5.69 Å². The maximum atomic E-state index is 13.0. The molecule has 1 aromatic carbocycles. The Morgan fingerprint density at radius 1 is 1.32 bits per heavy atom. The van der Waals surface area contributed by atoms with Crippen LogP contribution in [0, 0.1) is 17.2 Å². The molecule has 2 aromatic rings. The fraction of sp³-hybridized carbons (Fsp3) is 0.500. The number of likely N-dealkylation sites (tertiary alicyclic amines) is 1. The molecule has 1 saturated heterocycles. The molecule has 1 N–H and O–H groups in total. The van der Waals surface area contributed by atoms with Gasteiger partial charge in [0.2, 0.25) is 5.90 Å². The van der Waals surface area contributed by atoms with Crippen LogP contribution in [0.3, 0.4) is 0 Å². The van der Waals surface area contributed by atoms with Crippen LogP contribution < -0.4 is 20.1 Å². The number of aliphatic imine (C=N–C) groups is 1. The number of anilines is 1. The molecular formula is C26H33N5O2S. The minimum Gasteiger partial charge on any atom is -0.475 e. The molecule has 0 amide bonds. The number of benzene rings is 1. The highest BCUT2D eigenvalue weighted by molar-refractivity contribution is 7.07. The summed E-state index contributed by atoms with van der Waals surface area (Å²) in [6.45, 7) is 10.5.